The van der Waals surface area contributed by atoms with E-state index in [4.69, 9.17) is 4.74 Å². The topological polar surface area (TPSA) is 21.3 Å². The van der Waals surface area contributed by atoms with Crippen LogP contribution >= 0.6 is 0 Å². The predicted molar refractivity (Wildman–Crippen MR) is 47.5 cm³/mol. The van der Waals surface area contributed by atoms with Crippen LogP contribution in [0.5, 0.6) is 5.75 Å². The van der Waals surface area contributed by atoms with E-state index in [1.165, 1.54) is 13.2 Å². The molecule has 1 rings (SSSR count). The summed E-state index contributed by atoms with van der Waals surface area (Å²) < 4.78 is 40.4. The highest BCUT2D eigenvalue weighted by Gasteiger charge is 2.26. The van der Waals surface area contributed by atoms with Gasteiger partial charge in [-0.1, -0.05) is 6.07 Å². The zero-order chi connectivity index (χ0) is 10.6. The van der Waals surface area contributed by atoms with E-state index in [9.17, 15) is 13.2 Å². The van der Waals surface area contributed by atoms with Crippen LogP contribution in [0.2, 0.25) is 0 Å². The lowest BCUT2D eigenvalue weighted by molar-refractivity contribution is -0.115. The minimum atomic E-state index is -4.21. The Bertz CT molecular complexity index is 298. The van der Waals surface area contributed by atoms with Crippen LogP contribution in [0.1, 0.15) is 0 Å². The Morgan fingerprint density at radius 3 is 2.64 bits per heavy atom. The van der Waals surface area contributed by atoms with Gasteiger partial charge in [0.1, 0.15) is 12.3 Å². The normalized spacial score (nSPS) is 11.1. The van der Waals surface area contributed by atoms with E-state index in [-0.39, 0.29) is 0 Å². The maximum absolute atomic E-state index is 11.8. The summed E-state index contributed by atoms with van der Waals surface area (Å²) in [7, 11) is 1.46. The van der Waals surface area contributed by atoms with Gasteiger partial charge in [0.25, 0.3) is 0 Å². The first-order valence-electron chi connectivity index (χ1n) is 3.96. The third-order valence-electron chi connectivity index (χ3n) is 1.56. The zero-order valence-corrected chi connectivity index (χ0v) is 7.56. The van der Waals surface area contributed by atoms with Crippen LogP contribution in [0.15, 0.2) is 24.3 Å². The molecule has 1 aromatic carbocycles. The Morgan fingerprint density at radius 1 is 1.36 bits per heavy atom. The van der Waals surface area contributed by atoms with Crippen molar-refractivity contribution in [2.45, 2.75) is 6.18 Å². The Hall–Kier alpha value is -1.39. The fourth-order valence-electron chi connectivity index (χ4n) is 0.935. The summed E-state index contributed by atoms with van der Waals surface area (Å²) in [6.07, 6.45) is -4.21. The van der Waals surface area contributed by atoms with E-state index < -0.39 is 12.7 Å². The summed E-state index contributed by atoms with van der Waals surface area (Å²) >= 11 is 0. The largest absolute Gasteiger partial charge is 0.497 e. The fourth-order valence-corrected chi connectivity index (χ4v) is 0.935. The molecule has 0 fully saturated rings. The lowest BCUT2D eigenvalue weighted by atomic mass is 10.3. The lowest BCUT2D eigenvalue weighted by Crippen LogP contribution is -2.21. The van der Waals surface area contributed by atoms with Gasteiger partial charge in [0, 0.05) is 11.8 Å². The maximum atomic E-state index is 11.8. The molecule has 1 N–H and O–H groups in total. The molecule has 0 radical (unpaired) electrons. The first-order valence-corrected chi connectivity index (χ1v) is 3.96. The van der Waals surface area contributed by atoms with Crippen molar-refractivity contribution in [1.29, 1.82) is 0 Å². The van der Waals surface area contributed by atoms with Crippen LogP contribution in [0.25, 0.3) is 0 Å². The summed E-state index contributed by atoms with van der Waals surface area (Å²) in [5.41, 5.74) is 0.390. The molecular formula is C9H10F3NO. The first-order chi connectivity index (χ1) is 6.51. The van der Waals surface area contributed by atoms with E-state index in [0.29, 0.717) is 11.4 Å². The zero-order valence-electron chi connectivity index (χ0n) is 7.56. The maximum Gasteiger partial charge on any atom is 0.405 e. The van der Waals surface area contributed by atoms with Crippen molar-refractivity contribution in [3.63, 3.8) is 0 Å². The molecule has 0 heterocycles. The van der Waals surface area contributed by atoms with E-state index in [1.54, 1.807) is 18.2 Å². The second-order valence-electron chi connectivity index (χ2n) is 2.70. The number of methoxy groups -OCH3 is 1. The van der Waals surface area contributed by atoms with Crippen LogP contribution in [0.3, 0.4) is 0 Å². The molecule has 0 amide bonds. The standard InChI is InChI=1S/C9H10F3NO/c1-14-8-4-2-3-7(5-8)13-6-9(10,11)12/h2-5,13H,6H2,1H3. The molecule has 0 aliphatic carbocycles. The van der Waals surface area contributed by atoms with Crippen LogP contribution in [-0.2, 0) is 0 Å². The highest BCUT2D eigenvalue weighted by atomic mass is 19.4. The molecular weight excluding hydrogens is 195 g/mol. The molecule has 0 aromatic heterocycles. The molecule has 0 saturated carbocycles. The molecule has 0 bridgehead atoms. The summed E-state index contributed by atoms with van der Waals surface area (Å²) in [5, 5.41) is 2.25. The van der Waals surface area contributed by atoms with Crippen molar-refractivity contribution in [1.82, 2.24) is 0 Å². The Labute approximate surface area is 79.7 Å². The lowest BCUT2D eigenvalue weighted by Gasteiger charge is -2.10. The summed E-state index contributed by atoms with van der Waals surface area (Å²) in [5.74, 6) is 0.525. The van der Waals surface area contributed by atoms with Gasteiger partial charge in [-0.2, -0.15) is 13.2 Å². The van der Waals surface area contributed by atoms with Crippen LogP contribution in [0, 0.1) is 0 Å². The van der Waals surface area contributed by atoms with Crippen molar-refractivity contribution in [2.75, 3.05) is 19.0 Å². The number of anilines is 1. The molecule has 0 spiro atoms. The minimum absolute atomic E-state index is 0.390. The van der Waals surface area contributed by atoms with Gasteiger partial charge in [0.15, 0.2) is 0 Å². The Kier molecular flexibility index (Phi) is 3.22. The second-order valence-corrected chi connectivity index (χ2v) is 2.70. The van der Waals surface area contributed by atoms with Crippen molar-refractivity contribution >= 4 is 5.69 Å². The highest BCUT2D eigenvalue weighted by Crippen LogP contribution is 2.19. The third kappa shape index (κ3) is 3.55. The summed E-state index contributed by atoms with van der Waals surface area (Å²) in [6.45, 7) is -1.04. The number of alkyl halides is 3. The van der Waals surface area contributed by atoms with E-state index in [2.05, 4.69) is 5.32 Å². The van der Waals surface area contributed by atoms with Gasteiger partial charge in [-0.05, 0) is 12.1 Å². The predicted octanol–water partition coefficient (Wildman–Crippen LogP) is 2.67. The number of nitrogens with one attached hydrogen (secondary N) is 1. The molecule has 0 aliphatic rings. The number of ether oxygens (including phenoxy) is 1. The van der Waals surface area contributed by atoms with Gasteiger partial charge >= 0.3 is 6.18 Å². The minimum Gasteiger partial charge on any atom is -0.497 e. The molecule has 5 heteroatoms. The molecule has 0 unspecified atom stereocenters. The molecule has 2 nitrogen and oxygen atoms in total. The monoisotopic (exact) mass is 205 g/mol. The number of benzene rings is 1. The van der Waals surface area contributed by atoms with Gasteiger partial charge in [-0.25, -0.2) is 0 Å². The molecule has 1 aromatic rings. The van der Waals surface area contributed by atoms with Crippen molar-refractivity contribution in [3.05, 3.63) is 24.3 Å². The molecule has 0 saturated heterocycles. The molecule has 78 valence electrons. The number of hydrogen-bond donors (Lipinski definition) is 1. The average molecular weight is 205 g/mol. The van der Waals surface area contributed by atoms with E-state index >= 15 is 0 Å². The van der Waals surface area contributed by atoms with Crippen molar-refractivity contribution < 1.29 is 17.9 Å². The van der Waals surface area contributed by atoms with Crippen molar-refractivity contribution in [2.24, 2.45) is 0 Å². The molecule has 14 heavy (non-hydrogen) atoms. The Morgan fingerprint density at radius 2 is 2.07 bits per heavy atom. The van der Waals surface area contributed by atoms with Crippen LogP contribution in [0.4, 0.5) is 18.9 Å². The van der Waals surface area contributed by atoms with E-state index in [0.717, 1.165) is 0 Å². The summed E-state index contributed by atoms with van der Waals surface area (Å²) in [4.78, 5) is 0. The van der Waals surface area contributed by atoms with Gasteiger partial charge in [-0.3, -0.25) is 0 Å². The number of halogens is 3. The fraction of sp³-hybridized carbons (Fsp3) is 0.333. The van der Waals surface area contributed by atoms with Gasteiger partial charge in [0.05, 0.1) is 7.11 Å². The van der Waals surface area contributed by atoms with Crippen molar-refractivity contribution in [3.8, 4) is 5.75 Å². The molecule has 0 aliphatic heterocycles. The number of rotatable bonds is 3. The van der Waals surface area contributed by atoms with Crippen LogP contribution in [-0.4, -0.2) is 19.8 Å². The molecule has 0 atom stereocenters. The van der Waals surface area contributed by atoms with Crippen LogP contribution < -0.4 is 10.1 Å². The third-order valence-corrected chi connectivity index (χ3v) is 1.56. The van der Waals surface area contributed by atoms with E-state index in [1.807, 2.05) is 0 Å². The van der Waals surface area contributed by atoms with Gasteiger partial charge in [0.2, 0.25) is 0 Å². The van der Waals surface area contributed by atoms with Gasteiger partial charge < -0.3 is 10.1 Å². The first kappa shape index (κ1) is 10.7. The van der Waals surface area contributed by atoms with Gasteiger partial charge in [-0.15, -0.1) is 0 Å². The Balaban J connectivity index is 2.59. The number of hydrogen-bond acceptors (Lipinski definition) is 2. The SMILES string of the molecule is COc1cccc(NCC(F)(F)F)c1. The average Bonchev–Trinajstić information content (AvgIpc) is 2.14. The quantitative estimate of drug-likeness (QED) is 0.819. The highest BCUT2D eigenvalue weighted by molar-refractivity contribution is 5.48. The summed E-state index contributed by atoms with van der Waals surface area (Å²) in [6, 6.07) is 6.34. The second kappa shape index (κ2) is 4.21. The smallest absolute Gasteiger partial charge is 0.405 e.